The number of halogens is 1. The highest BCUT2D eigenvalue weighted by atomic mass is 35.5. The first-order chi connectivity index (χ1) is 11.9. The van der Waals surface area contributed by atoms with Crippen LogP contribution < -0.4 is 10.2 Å². The summed E-state index contributed by atoms with van der Waals surface area (Å²) >= 11 is 6.11. The zero-order valence-corrected chi connectivity index (χ0v) is 15.7. The minimum absolute atomic E-state index is 0.0786. The lowest BCUT2D eigenvalue weighted by molar-refractivity contribution is -0.143. The fourth-order valence-corrected chi connectivity index (χ4v) is 2.99. The zero-order chi connectivity index (χ0) is 18.4. The quantitative estimate of drug-likeness (QED) is 0.776. The molecule has 1 aliphatic heterocycles. The molecule has 1 N–H and O–H groups in total. The number of nitrogens with one attached hydrogen (secondary N) is 1. The van der Waals surface area contributed by atoms with E-state index >= 15 is 0 Å². The molecule has 1 aliphatic rings. The summed E-state index contributed by atoms with van der Waals surface area (Å²) in [6.45, 7) is 5.66. The van der Waals surface area contributed by atoms with E-state index in [0.717, 1.165) is 25.9 Å². The van der Waals surface area contributed by atoms with Crippen molar-refractivity contribution in [1.82, 2.24) is 15.3 Å². The molecule has 2 rings (SSSR count). The van der Waals surface area contributed by atoms with Crippen LogP contribution in [-0.2, 0) is 9.53 Å². The van der Waals surface area contributed by atoms with E-state index in [-0.39, 0.29) is 16.6 Å². The average Bonchev–Trinajstić information content (AvgIpc) is 2.61. The summed E-state index contributed by atoms with van der Waals surface area (Å²) in [6, 6.07) is -0.734. The van der Waals surface area contributed by atoms with Gasteiger partial charge >= 0.3 is 5.97 Å². The number of hydrogen-bond donors (Lipinski definition) is 1. The molecule has 0 aromatic carbocycles. The molecule has 138 valence electrons. The molecule has 0 bridgehead atoms. The monoisotopic (exact) mass is 368 g/mol. The minimum Gasteiger partial charge on any atom is -0.467 e. The first-order valence-corrected chi connectivity index (χ1v) is 8.96. The van der Waals surface area contributed by atoms with Crippen LogP contribution in [0.5, 0.6) is 0 Å². The summed E-state index contributed by atoms with van der Waals surface area (Å²) in [5.41, 5.74) is 0.0786. The second-order valence-electron chi connectivity index (χ2n) is 6.59. The number of methoxy groups -OCH3 is 1. The van der Waals surface area contributed by atoms with Gasteiger partial charge in [0.15, 0.2) is 5.69 Å². The van der Waals surface area contributed by atoms with Crippen LogP contribution in [0.25, 0.3) is 0 Å². The number of hydrogen-bond acceptors (Lipinski definition) is 6. The van der Waals surface area contributed by atoms with E-state index < -0.39 is 17.9 Å². The second-order valence-corrected chi connectivity index (χ2v) is 7.00. The third-order valence-corrected chi connectivity index (χ3v) is 4.36. The topological polar surface area (TPSA) is 84.4 Å². The molecular formula is C17H25ClN4O3. The summed E-state index contributed by atoms with van der Waals surface area (Å²) in [6.07, 6.45) is 5.25. The summed E-state index contributed by atoms with van der Waals surface area (Å²) in [5, 5.41) is 2.84. The summed E-state index contributed by atoms with van der Waals surface area (Å²) in [4.78, 5) is 35.1. The second kappa shape index (κ2) is 8.99. The smallest absolute Gasteiger partial charge is 0.328 e. The molecule has 1 unspecified atom stereocenters. The number of rotatable bonds is 6. The minimum atomic E-state index is -0.734. The van der Waals surface area contributed by atoms with Crippen LogP contribution in [0.4, 0.5) is 5.95 Å². The Kier molecular flexibility index (Phi) is 6.99. The predicted octanol–water partition coefficient (Wildman–Crippen LogP) is 2.44. The molecule has 0 aliphatic carbocycles. The Hall–Kier alpha value is -1.89. The summed E-state index contributed by atoms with van der Waals surface area (Å²) < 4.78 is 4.77. The largest absolute Gasteiger partial charge is 0.467 e. The summed E-state index contributed by atoms with van der Waals surface area (Å²) in [5.74, 6) is -0.271. The molecule has 1 aromatic rings. The van der Waals surface area contributed by atoms with Crippen molar-refractivity contribution in [1.29, 1.82) is 0 Å². The molecule has 1 aromatic heterocycles. The lowest BCUT2D eigenvalue weighted by atomic mass is 10.0. The van der Waals surface area contributed by atoms with Gasteiger partial charge in [-0.2, -0.15) is 0 Å². The number of carbonyl (C=O) groups is 2. The number of esters is 1. The third kappa shape index (κ3) is 5.29. The molecule has 1 amide bonds. The highest BCUT2D eigenvalue weighted by Crippen LogP contribution is 2.20. The fourth-order valence-electron chi connectivity index (χ4n) is 2.82. The van der Waals surface area contributed by atoms with Crippen LogP contribution in [0.1, 0.15) is 50.0 Å². The summed E-state index contributed by atoms with van der Waals surface area (Å²) in [7, 11) is 1.30. The Morgan fingerprint density at radius 2 is 2.00 bits per heavy atom. The van der Waals surface area contributed by atoms with Gasteiger partial charge in [-0.1, -0.05) is 25.4 Å². The molecule has 0 spiro atoms. The highest BCUT2D eigenvalue weighted by molar-refractivity contribution is 6.33. The Labute approximate surface area is 153 Å². The standard InChI is InChI=1S/C17H25ClN4O3/c1-11(2)9-13(16(24)25-3)20-15(23)14-12(18)10-19-17(21-14)22-7-5-4-6-8-22/h10-11,13H,4-9H2,1-3H3,(H,20,23). The maximum atomic E-state index is 12.6. The Morgan fingerprint density at radius 3 is 2.60 bits per heavy atom. The van der Waals surface area contributed by atoms with Crippen molar-refractivity contribution in [2.45, 2.75) is 45.6 Å². The van der Waals surface area contributed by atoms with Gasteiger partial charge in [0, 0.05) is 13.1 Å². The number of piperidine rings is 1. The van der Waals surface area contributed by atoms with Gasteiger partial charge < -0.3 is 15.0 Å². The predicted molar refractivity (Wildman–Crippen MR) is 95.8 cm³/mol. The molecule has 7 nitrogen and oxygen atoms in total. The van der Waals surface area contributed by atoms with E-state index in [2.05, 4.69) is 15.3 Å². The molecule has 1 atom stereocenters. The van der Waals surface area contributed by atoms with Crippen molar-refractivity contribution in [3.8, 4) is 0 Å². The number of nitrogens with zero attached hydrogens (tertiary/aromatic N) is 3. The van der Waals surface area contributed by atoms with Crippen LogP contribution in [-0.4, -0.2) is 48.1 Å². The van der Waals surface area contributed by atoms with Crippen molar-refractivity contribution in [2.75, 3.05) is 25.1 Å². The lowest BCUT2D eigenvalue weighted by Gasteiger charge is -2.27. The maximum Gasteiger partial charge on any atom is 0.328 e. The van der Waals surface area contributed by atoms with Gasteiger partial charge in [0.05, 0.1) is 18.3 Å². The number of anilines is 1. The Balaban J connectivity index is 2.17. The fraction of sp³-hybridized carbons (Fsp3) is 0.647. The van der Waals surface area contributed by atoms with E-state index in [1.54, 1.807) is 0 Å². The van der Waals surface area contributed by atoms with Crippen molar-refractivity contribution < 1.29 is 14.3 Å². The molecule has 25 heavy (non-hydrogen) atoms. The average molecular weight is 369 g/mol. The lowest BCUT2D eigenvalue weighted by Crippen LogP contribution is -2.43. The zero-order valence-electron chi connectivity index (χ0n) is 14.9. The maximum absolute atomic E-state index is 12.6. The van der Waals surface area contributed by atoms with Crippen LogP contribution >= 0.6 is 11.6 Å². The number of aromatic nitrogens is 2. The van der Waals surface area contributed by atoms with Gasteiger partial charge in [-0.3, -0.25) is 4.79 Å². The molecule has 8 heteroatoms. The van der Waals surface area contributed by atoms with Crippen LogP contribution in [0, 0.1) is 5.92 Å². The van der Waals surface area contributed by atoms with E-state index in [1.807, 2.05) is 18.7 Å². The number of ether oxygens (including phenoxy) is 1. The van der Waals surface area contributed by atoms with E-state index in [1.165, 1.54) is 19.7 Å². The van der Waals surface area contributed by atoms with Crippen molar-refractivity contribution in [2.24, 2.45) is 5.92 Å². The number of amides is 1. The van der Waals surface area contributed by atoms with Crippen LogP contribution in [0.2, 0.25) is 5.02 Å². The normalized spacial score (nSPS) is 15.8. The Morgan fingerprint density at radius 1 is 1.32 bits per heavy atom. The third-order valence-electron chi connectivity index (χ3n) is 4.08. The first kappa shape index (κ1) is 19.4. The van der Waals surface area contributed by atoms with Crippen LogP contribution in [0.3, 0.4) is 0 Å². The van der Waals surface area contributed by atoms with Crippen molar-refractivity contribution in [3.63, 3.8) is 0 Å². The van der Waals surface area contributed by atoms with Crippen LogP contribution in [0.15, 0.2) is 6.20 Å². The number of carbonyl (C=O) groups excluding carboxylic acids is 2. The molecule has 2 heterocycles. The van der Waals surface area contributed by atoms with Crippen molar-refractivity contribution in [3.05, 3.63) is 16.9 Å². The van der Waals surface area contributed by atoms with E-state index in [4.69, 9.17) is 16.3 Å². The Bertz CT molecular complexity index is 618. The van der Waals surface area contributed by atoms with Gasteiger partial charge in [-0.05, 0) is 31.6 Å². The molecule has 0 radical (unpaired) electrons. The van der Waals surface area contributed by atoms with Crippen molar-refractivity contribution >= 4 is 29.4 Å². The van der Waals surface area contributed by atoms with Gasteiger partial charge in [-0.25, -0.2) is 14.8 Å². The van der Waals surface area contributed by atoms with E-state index in [0.29, 0.717) is 12.4 Å². The SMILES string of the molecule is COC(=O)C(CC(C)C)NC(=O)c1nc(N2CCCCC2)ncc1Cl. The molecule has 0 saturated carbocycles. The van der Waals surface area contributed by atoms with Gasteiger partial charge in [0.2, 0.25) is 5.95 Å². The van der Waals surface area contributed by atoms with E-state index in [9.17, 15) is 9.59 Å². The molecule has 1 saturated heterocycles. The molecular weight excluding hydrogens is 344 g/mol. The van der Waals surface area contributed by atoms with Gasteiger partial charge in [0.25, 0.3) is 5.91 Å². The van der Waals surface area contributed by atoms with Gasteiger partial charge in [-0.15, -0.1) is 0 Å². The highest BCUT2D eigenvalue weighted by Gasteiger charge is 2.26. The first-order valence-electron chi connectivity index (χ1n) is 8.58. The van der Waals surface area contributed by atoms with Gasteiger partial charge in [0.1, 0.15) is 6.04 Å². The molecule has 1 fully saturated rings.